The van der Waals surface area contributed by atoms with Crippen molar-refractivity contribution in [2.24, 2.45) is 0 Å². The van der Waals surface area contributed by atoms with Crippen molar-refractivity contribution in [3.8, 4) is 16.9 Å². The first kappa shape index (κ1) is 24.8. The van der Waals surface area contributed by atoms with Crippen LogP contribution in [0.3, 0.4) is 0 Å². The number of fused-ring (bicyclic) bond motifs is 1. The van der Waals surface area contributed by atoms with E-state index in [4.69, 9.17) is 0 Å². The molecule has 0 radical (unpaired) electrons. The standard InChI is InChI=1S/C26H25F3N2O3S/c1-24(2,19-11-16(7-8-21(19)32)17-9-10-35-13-17)14-25(34,26(27,28)29)15-30-23-12-22(33)18-5-3-4-6-20(18)31-23/h3-13,32,34H,14-15H2,1-2H3,(H2,30,31,33). The van der Waals surface area contributed by atoms with Gasteiger partial charge in [-0.1, -0.05) is 32.0 Å². The monoisotopic (exact) mass is 502 g/mol. The fraction of sp³-hybridized carbons (Fsp3) is 0.269. The van der Waals surface area contributed by atoms with Gasteiger partial charge in [0.1, 0.15) is 11.6 Å². The third kappa shape index (κ3) is 5.06. The number of anilines is 1. The number of aromatic amines is 1. The summed E-state index contributed by atoms with van der Waals surface area (Å²) in [7, 11) is 0. The maximum Gasteiger partial charge on any atom is 0.418 e. The van der Waals surface area contributed by atoms with Crippen LogP contribution in [0, 0.1) is 0 Å². The van der Waals surface area contributed by atoms with Crippen LogP contribution in [0.2, 0.25) is 0 Å². The number of para-hydroxylation sites is 1. The van der Waals surface area contributed by atoms with Crippen LogP contribution < -0.4 is 10.7 Å². The number of nitrogens with one attached hydrogen (secondary N) is 2. The predicted octanol–water partition coefficient (Wildman–Crippen LogP) is 6.04. The smallest absolute Gasteiger partial charge is 0.418 e. The Hall–Kier alpha value is -3.30. The summed E-state index contributed by atoms with van der Waals surface area (Å²) in [5.41, 5.74) is -2.35. The Morgan fingerprint density at radius 2 is 1.77 bits per heavy atom. The molecule has 184 valence electrons. The van der Waals surface area contributed by atoms with Gasteiger partial charge < -0.3 is 20.5 Å². The average molecular weight is 503 g/mol. The molecule has 0 saturated carbocycles. The van der Waals surface area contributed by atoms with E-state index in [-0.39, 0.29) is 17.0 Å². The summed E-state index contributed by atoms with van der Waals surface area (Å²) in [5, 5.41) is 28.1. The molecule has 1 atom stereocenters. The zero-order valence-electron chi connectivity index (χ0n) is 19.1. The normalized spacial score (nSPS) is 14.1. The van der Waals surface area contributed by atoms with Crippen LogP contribution in [-0.4, -0.2) is 33.5 Å². The van der Waals surface area contributed by atoms with Gasteiger partial charge in [0, 0.05) is 17.0 Å². The minimum Gasteiger partial charge on any atom is -0.508 e. The van der Waals surface area contributed by atoms with Gasteiger partial charge in [-0.05, 0) is 64.1 Å². The number of aromatic hydroxyl groups is 1. The molecule has 0 aliphatic heterocycles. The Bertz CT molecular complexity index is 1400. The van der Waals surface area contributed by atoms with E-state index >= 15 is 0 Å². The summed E-state index contributed by atoms with van der Waals surface area (Å²) in [5.74, 6) is -0.0817. The lowest BCUT2D eigenvalue weighted by atomic mass is 9.74. The van der Waals surface area contributed by atoms with Crippen LogP contribution in [-0.2, 0) is 5.41 Å². The number of hydrogen-bond donors (Lipinski definition) is 4. The molecule has 5 nitrogen and oxygen atoms in total. The van der Waals surface area contributed by atoms with Gasteiger partial charge in [-0.2, -0.15) is 24.5 Å². The second kappa shape index (κ2) is 9.05. The number of thiophene rings is 1. The molecular formula is C26H25F3N2O3S. The number of aromatic nitrogens is 1. The second-order valence-electron chi connectivity index (χ2n) is 9.28. The summed E-state index contributed by atoms with van der Waals surface area (Å²) in [4.78, 5) is 15.2. The number of rotatable bonds is 7. The molecule has 0 aliphatic carbocycles. The van der Waals surface area contributed by atoms with Crippen molar-refractivity contribution in [1.29, 1.82) is 0 Å². The molecule has 1 unspecified atom stereocenters. The minimum absolute atomic E-state index is 0.0662. The summed E-state index contributed by atoms with van der Waals surface area (Å²) in [6.07, 6.45) is -5.70. The SMILES string of the molecule is CC(C)(CC(O)(CNc1cc(=O)c2ccccc2[nH]1)C(F)(F)F)c1cc(-c2ccsc2)ccc1O. The maximum atomic E-state index is 14.2. The van der Waals surface area contributed by atoms with Crippen molar-refractivity contribution >= 4 is 28.1 Å². The van der Waals surface area contributed by atoms with E-state index in [2.05, 4.69) is 10.3 Å². The lowest BCUT2D eigenvalue weighted by Crippen LogP contribution is -2.53. The first-order valence-corrected chi connectivity index (χ1v) is 11.9. The number of phenols is 1. The maximum absolute atomic E-state index is 14.2. The molecule has 0 fully saturated rings. The van der Waals surface area contributed by atoms with Crippen LogP contribution >= 0.6 is 11.3 Å². The van der Waals surface area contributed by atoms with Crippen molar-refractivity contribution in [2.75, 3.05) is 11.9 Å². The first-order chi connectivity index (χ1) is 16.4. The number of aliphatic hydroxyl groups is 1. The fourth-order valence-corrected chi connectivity index (χ4v) is 4.97. The molecule has 0 saturated heterocycles. The molecule has 0 bridgehead atoms. The number of pyridine rings is 1. The molecule has 0 spiro atoms. The number of benzene rings is 2. The first-order valence-electron chi connectivity index (χ1n) is 10.9. The number of phenolic OH excluding ortho intramolecular Hbond substituents is 1. The largest absolute Gasteiger partial charge is 0.508 e. The van der Waals surface area contributed by atoms with Gasteiger partial charge in [-0.3, -0.25) is 4.79 Å². The van der Waals surface area contributed by atoms with Gasteiger partial charge in [0.25, 0.3) is 0 Å². The number of H-pyrrole nitrogens is 1. The molecule has 4 N–H and O–H groups in total. The zero-order valence-corrected chi connectivity index (χ0v) is 19.9. The van der Waals surface area contributed by atoms with Crippen molar-refractivity contribution in [3.63, 3.8) is 0 Å². The number of alkyl halides is 3. The van der Waals surface area contributed by atoms with E-state index in [1.54, 1.807) is 50.2 Å². The van der Waals surface area contributed by atoms with E-state index in [0.29, 0.717) is 16.5 Å². The Morgan fingerprint density at radius 1 is 1.03 bits per heavy atom. The predicted molar refractivity (Wildman–Crippen MR) is 133 cm³/mol. The molecule has 4 aromatic rings. The van der Waals surface area contributed by atoms with Crippen LogP contribution in [0.4, 0.5) is 19.0 Å². The molecule has 4 rings (SSSR count). The van der Waals surface area contributed by atoms with E-state index < -0.39 is 30.2 Å². The van der Waals surface area contributed by atoms with Crippen molar-refractivity contribution < 1.29 is 23.4 Å². The Kier molecular flexibility index (Phi) is 6.42. The number of halogens is 3. The molecule has 9 heteroatoms. The van der Waals surface area contributed by atoms with Gasteiger partial charge in [0.2, 0.25) is 0 Å². The third-order valence-corrected chi connectivity index (χ3v) is 6.83. The fourth-order valence-electron chi connectivity index (χ4n) is 4.31. The highest BCUT2D eigenvalue weighted by molar-refractivity contribution is 7.08. The molecule has 0 aliphatic rings. The lowest BCUT2D eigenvalue weighted by Gasteiger charge is -2.38. The minimum atomic E-state index is -4.98. The molecule has 2 aromatic carbocycles. The highest BCUT2D eigenvalue weighted by Crippen LogP contribution is 2.44. The third-order valence-electron chi connectivity index (χ3n) is 6.15. The van der Waals surface area contributed by atoms with E-state index in [1.807, 2.05) is 16.8 Å². The summed E-state index contributed by atoms with van der Waals surface area (Å²) < 4.78 is 42.5. The summed E-state index contributed by atoms with van der Waals surface area (Å²) in [6.45, 7) is 2.21. The van der Waals surface area contributed by atoms with Gasteiger partial charge in [0.05, 0.1) is 12.1 Å². The van der Waals surface area contributed by atoms with Crippen molar-refractivity contribution in [1.82, 2.24) is 4.98 Å². The second-order valence-corrected chi connectivity index (χ2v) is 10.1. The highest BCUT2D eigenvalue weighted by atomic mass is 32.1. The zero-order chi connectivity index (χ0) is 25.4. The topological polar surface area (TPSA) is 85.4 Å². The summed E-state index contributed by atoms with van der Waals surface area (Å²) >= 11 is 1.49. The molecule has 0 amide bonds. The van der Waals surface area contributed by atoms with E-state index in [1.165, 1.54) is 23.5 Å². The molecular weight excluding hydrogens is 477 g/mol. The Labute approximate surface area is 203 Å². The van der Waals surface area contributed by atoms with E-state index in [9.17, 15) is 28.2 Å². The van der Waals surface area contributed by atoms with Crippen LogP contribution in [0.15, 0.2) is 70.2 Å². The highest BCUT2D eigenvalue weighted by Gasteiger charge is 2.56. The average Bonchev–Trinajstić information content (AvgIpc) is 3.32. The summed E-state index contributed by atoms with van der Waals surface area (Å²) in [6, 6.07) is 14.5. The molecule has 2 aromatic heterocycles. The van der Waals surface area contributed by atoms with Crippen LogP contribution in [0.5, 0.6) is 5.75 Å². The van der Waals surface area contributed by atoms with Crippen molar-refractivity contribution in [3.05, 3.63) is 81.1 Å². The van der Waals surface area contributed by atoms with Gasteiger partial charge in [0.15, 0.2) is 11.0 Å². The molecule has 2 heterocycles. The number of hydrogen-bond acceptors (Lipinski definition) is 5. The Morgan fingerprint density at radius 3 is 2.46 bits per heavy atom. The Balaban J connectivity index is 1.64. The lowest BCUT2D eigenvalue weighted by molar-refractivity contribution is -0.260. The van der Waals surface area contributed by atoms with Crippen molar-refractivity contribution in [2.45, 2.75) is 37.5 Å². The molecule has 35 heavy (non-hydrogen) atoms. The van der Waals surface area contributed by atoms with Crippen LogP contribution in [0.1, 0.15) is 25.8 Å². The van der Waals surface area contributed by atoms with Gasteiger partial charge >= 0.3 is 6.18 Å². The van der Waals surface area contributed by atoms with E-state index in [0.717, 1.165) is 11.1 Å². The van der Waals surface area contributed by atoms with Gasteiger partial charge in [-0.25, -0.2) is 0 Å². The van der Waals surface area contributed by atoms with Crippen LogP contribution in [0.25, 0.3) is 22.0 Å². The quantitative estimate of drug-likeness (QED) is 0.248. The van der Waals surface area contributed by atoms with Gasteiger partial charge in [-0.15, -0.1) is 0 Å².